The Morgan fingerprint density at radius 3 is 2.34 bits per heavy atom. The molecule has 0 unspecified atom stereocenters. The van der Waals surface area contributed by atoms with E-state index in [4.69, 9.17) is 37.2 Å². The lowest BCUT2D eigenvalue weighted by atomic mass is 9.98. The molecular formula is C31H25Cl2NO4. The van der Waals surface area contributed by atoms with Crippen molar-refractivity contribution in [2.75, 3.05) is 7.11 Å². The maximum absolute atomic E-state index is 12.2. The number of carbonyl (C=O) groups is 1. The number of ether oxygens (including phenoxy) is 2. The lowest BCUT2D eigenvalue weighted by Gasteiger charge is -2.11. The van der Waals surface area contributed by atoms with Gasteiger partial charge < -0.3 is 14.0 Å². The van der Waals surface area contributed by atoms with Crippen molar-refractivity contribution >= 4 is 39.9 Å². The van der Waals surface area contributed by atoms with E-state index in [0.717, 1.165) is 46.1 Å². The number of methoxy groups -OCH3 is 1. The Balaban J connectivity index is 1.40. The number of hydrogen-bond acceptors (Lipinski definition) is 5. The number of carbonyl (C=O) groups excluding carboxylic acids is 1. The number of esters is 1. The van der Waals surface area contributed by atoms with Gasteiger partial charge in [0.2, 0.25) is 0 Å². The van der Waals surface area contributed by atoms with Crippen LogP contribution in [0.25, 0.3) is 33.2 Å². The van der Waals surface area contributed by atoms with Gasteiger partial charge in [-0.15, -0.1) is 0 Å². The van der Waals surface area contributed by atoms with Gasteiger partial charge >= 0.3 is 5.97 Å². The molecule has 0 radical (unpaired) electrons. The summed E-state index contributed by atoms with van der Waals surface area (Å²) in [7, 11) is 1.39. The highest BCUT2D eigenvalue weighted by atomic mass is 35.5. The van der Waals surface area contributed by atoms with E-state index < -0.39 is 0 Å². The number of fused-ring (bicyclic) bond motifs is 1. The van der Waals surface area contributed by atoms with Crippen LogP contribution in [0.1, 0.15) is 35.0 Å². The van der Waals surface area contributed by atoms with Gasteiger partial charge in [0.15, 0.2) is 0 Å². The minimum atomic E-state index is -0.356. The molecule has 1 aromatic heterocycles. The van der Waals surface area contributed by atoms with Crippen LogP contribution < -0.4 is 4.74 Å². The van der Waals surface area contributed by atoms with E-state index in [2.05, 4.69) is 12.1 Å². The van der Waals surface area contributed by atoms with Crippen molar-refractivity contribution in [3.8, 4) is 28.1 Å². The van der Waals surface area contributed by atoms with Gasteiger partial charge in [-0.25, -0.2) is 4.79 Å². The standard InChI is InChI=1S/C31H25Cl2NO4/c1-3-6-28-25(30(34-38-28)29-26(32)9-5-10-27(29)33)18-37-22-15-13-19(14-16-22)21-12-11-20-7-4-8-23(24(20)17-21)31(35)36-2/h4-5,7-17H,3,6,18H2,1-2H3. The normalized spacial score (nSPS) is 11.1. The van der Waals surface area contributed by atoms with Crippen molar-refractivity contribution in [2.24, 2.45) is 0 Å². The summed E-state index contributed by atoms with van der Waals surface area (Å²) in [5.41, 5.74) is 4.59. The SMILES string of the molecule is CCCc1onc(-c2c(Cl)cccc2Cl)c1COc1ccc(-c2ccc3cccc(C(=O)OC)c3c2)cc1. The second-order valence-electron chi connectivity index (χ2n) is 8.83. The molecule has 5 rings (SSSR count). The molecule has 0 N–H and O–H groups in total. The van der Waals surface area contributed by atoms with Gasteiger partial charge in [0.1, 0.15) is 23.8 Å². The third kappa shape index (κ3) is 5.13. The van der Waals surface area contributed by atoms with Crippen molar-refractivity contribution in [2.45, 2.75) is 26.4 Å². The third-order valence-electron chi connectivity index (χ3n) is 6.40. The average Bonchev–Trinajstić information content (AvgIpc) is 3.33. The van der Waals surface area contributed by atoms with Crippen LogP contribution >= 0.6 is 23.2 Å². The Morgan fingerprint density at radius 2 is 1.63 bits per heavy atom. The Morgan fingerprint density at radius 1 is 0.921 bits per heavy atom. The van der Waals surface area contributed by atoms with Gasteiger partial charge in [-0.05, 0) is 64.7 Å². The molecule has 38 heavy (non-hydrogen) atoms. The first-order valence-corrected chi connectivity index (χ1v) is 13.0. The smallest absolute Gasteiger partial charge is 0.338 e. The van der Waals surface area contributed by atoms with Crippen LogP contribution in [-0.4, -0.2) is 18.2 Å². The quantitative estimate of drug-likeness (QED) is 0.182. The van der Waals surface area contributed by atoms with Gasteiger partial charge in [-0.1, -0.05) is 77.7 Å². The first kappa shape index (κ1) is 25.8. The molecule has 0 spiro atoms. The van der Waals surface area contributed by atoms with Crippen LogP contribution in [0.3, 0.4) is 0 Å². The molecule has 0 aliphatic carbocycles. The highest BCUT2D eigenvalue weighted by Gasteiger charge is 2.22. The monoisotopic (exact) mass is 545 g/mol. The Hall–Kier alpha value is -3.80. The highest BCUT2D eigenvalue weighted by molar-refractivity contribution is 6.39. The van der Waals surface area contributed by atoms with Gasteiger partial charge in [0, 0.05) is 12.0 Å². The van der Waals surface area contributed by atoms with E-state index in [1.54, 1.807) is 24.3 Å². The van der Waals surface area contributed by atoms with Crippen LogP contribution in [-0.2, 0) is 17.8 Å². The topological polar surface area (TPSA) is 61.6 Å². The summed E-state index contributed by atoms with van der Waals surface area (Å²) >= 11 is 12.9. The van der Waals surface area contributed by atoms with E-state index in [0.29, 0.717) is 32.6 Å². The first-order chi connectivity index (χ1) is 18.5. The van der Waals surface area contributed by atoms with Gasteiger partial charge in [0.05, 0.1) is 28.3 Å². The fraction of sp³-hybridized carbons (Fsp3) is 0.161. The molecule has 4 aromatic carbocycles. The predicted octanol–water partition coefficient (Wildman–Crippen LogP) is 8.79. The van der Waals surface area contributed by atoms with E-state index in [9.17, 15) is 4.79 Å². The Labute approximate surface area is 230 Å². The molecule has 1 heterocycles. The maximum Gasteiger partial charge on any atom is 0.338 e. The lowest BCUT2D eigenvalue weighted by molar-refractivity contribution is 0.0603. The zero-order valence-electron chi connectivity index (χ0n) is 21.0. The summed E-state index contributed by atoms with van der Waals surface area (Å²) in [6.45, 7) is 2.34. The Kier molecular flexibility index (Phi) is 7.68. The summed E-state index contributed by atoms with van der Waals surface area (Å²) in [5, 5.41) is 7.12. The van der Waals surface area contributed by atoms with Crippen molar-refractivity contribution < 1.29 is 18.8 Å². The average molecular weight is 546 g/mol. The lowest BCUT2D eigenvalue weighted by Crippen LogP contribution is -2.01. The van der Waals surface area contributed by atoms with E-state index in [-0.39, 0.29) is 12.6 Å². The predicted molar refractivity (Wildman–Crippen MR) is 151 cm³/mol. The minimum absolute atomic E-state index is 0.257. The molecule has 5 aromatic rings. The molecule has 0 bridgehead atoms. The molecule has 192 valence electrons. The summed E-state index contributed by atoms with van der Waals surface area (Å²) in [5.74, 6) is 1.10. The molecule has 0 fully saturated rings. The third-order valence-corrected chi connectivity index (χ3v) is 7.03. The summed E-state index contributed by atoms with van der Waals surface area (Å²) in [4.78, 5) is 12.2. The van der Waals surface area contributed by atoms with E-state index in [1.807, 2.05) is 54.6 Å². The molecule has 5 nitrogen and oxygen atoms in total. The van der Waals surface area contributed by atoms with Crippen LogP contribution in [0.15, 0.2) is 83.4 Å². The number of benzene rings is 4. The number of halogens is 2. The largest absolute Gasteiger partial charge is 0.489 e. The van der Waals surface area contributed by atoms with Crippen LogP contribution in [0.2, 0.25) is 10.0 Å². The molecule has 0 aliphatic rings. The summed E-state index contributed by atoms with van der Waals surface area (Å²) in [6, 6.07) is 24.8. The molecule has 0 atom stereocenters. The van der Waals surface area contributed by atoms with E-state index in [1.165, 1.54) is 7.11 Å². The fourth-order valence-electron chi connectivity index (χ4n) is 4.48. The van der Waals surface area contributed by atoms with Gasteiger partial charge in [-0.3, -0.25) is 0 Å². The highest BCUT2D eigenvalue weighted by Crippen LogP contribution is 2.38. The van der Waals surface area contributed by atoms with Crippen molar-refractivity contribution in [1.82, 2.24) is 5.16 Å². The fourth-order valence-corrected chi connectivity index (χ4v) is 5.05. The number of nitrogens with zero attached hydrogens (tertiary/aromatic N) is 1. The van der Waals surface area contributed by atoms with E-state index >= 15 is 0 Å². The minimum Gasteiger partial charge on any atom is -0.489 e. The second kappa shape index (κ2) is 11.3. The maximum atomic E-state index is 12.2. The number of rotatable bonds is 8. The molecule has 7 heteroatoms. The molecule has 0 saturated heterocycles. The molecule has 0 aliphatic heterocycles. The molecule has 0 saturated carbocycles. The van der Waals surface area contributed by atoms with Gasteiger partial charge in [0.25, 0.3) is 0 Å². The van der Waals surface area contributed by atoms with Crippen molar-refractivity contribution in [3.05, 3.63) is 106 Å². The molecular weight excluding hydrogens is 521 g/mol. The second-order valence-corrected chi connectivity index (χ2v) is 9.64. The molecule has 0 amide bonds. The first-order valence-electron chi connectivity index (χ1n) is 12.3. The van der Waals surface area contributed by atoms with Gasteiger partial charge in [-0.2, -0.15) is 0 Å². The zero-order valence-corrected chi connectivity index (χ0v) is 22.5. The van der Waals surface area contributed by atoms with Crippen molar-refractivity contribution in [3.63, 3.8) is 0 Å². The Bertz CT molecular complexity index is 1590. The number of aromatic nitrogens is 1. The number of aryl methyl sites for hydroxylation is 1. The zero-order chi connectivity index (χ0) is 26.6. The van der Waals surface area contributed by atoms with Crippen LogP contribution in [0, 0.1) is 0 Å². The number of hydrogen-bond donors (Lipinski definition) is 0. The van der Waals surface area contributed by atoms with Crippen LogP contribution in [0.4, 0.5) is 0 Å². The summed E-state index contributed by atoms with van der Waals surface area (Å²) < 4.78 is 16.8. The van der Waals surface area contributed by atoms with Crippen LogP contribution in [0.5, 0.6) is 5.75 Å². The summed E-state index contributed by atoms with van der Waals surface area (Å²) in [6.07, 6.45) is 1.62. The van der Waals surface area contributed by atoms with Crippen molar-refractivity contribution in [1.29, 1.82) is 0 Å².